The minimum absolute atomic E-state index is 0.0673. The lowest BCUT2D eigenvalue weighted by Gasteiger charge is -2.32. The summed E-state index contributed by atoms with van der Waals surface area (Å²) in [6, 6.07) is 2.75. The molecule has 0 radical (unpaired) electrons. The van der Waals surface area contributed by atoms with Crippen LogP contribution in [0.3, 0.4) is 0 Å². The molecular formula is C13H18N2OS2. The maximum atomic E-state index is 12.1. The predicted molar refractivity (Wildman–Crippen MR) is 76.7 cm³/mol. The zero-order valence-electron chi connectivity index (χ0n) is 10.3. The zero-order chi connectivity index (χ0) is 12.5. The Morgan fingerprint density at radius 1 is 1.39 bits per heavy atom. The molecule has 2 aliphatic heterocycles. The van der Waals surface area contributed by atoms with Crippen molar-refractivity contribution < 1.29 is 4.79 Å². The van der Waals surface area contributed by atoms with E-state index in [-0.39, 0.29) is 5.91 Å². The molecule has 2 saturated heterocycles. The maximum absolute atomic E-state index is 12.1. The van der Waals surface area contributed by atoms with Gasteiger partial charge in [-0.25, -0.2) is 0 Å². The molecule has 0 aliphatic carbocycles. The predicted octanol–water partition coefficient (Wildman–Crippen LogP) is 2.39. The molecule has 2 fully saturated rings. The highest BCUT2D eigenvalue weighted by Crippen LogP contribution is 2.27. The van der Waals surface area contributed by atoms with E-state index in [0.29, 0.717) is 12.1 Å². The lowest BCUT2D eigenvalue weighted by Crippen LogP contribution is -2.46. The van der Waals surface area contributed by atoms with E-state index < -0.39 is 0 Å². The molecule has 1 amide bonds. The fourth-order valence-electron chi connectivity index (χ4n) is 3.10. The van der Waals surface area contributed by atoms with Crippen molar-refractivity contribution in [2.24, 2.45) is 0 Å². The molecule has 0 aromatic carbocycles. The van der Waals surface area contributed by atoms with Crippen LogP contribution in [0.15, 0.2) is 16.3 Å². The highest BCUT2D eigenvalue weighted by Gasteiger charge is 2.36. The molecule has 0 bridgehead atoms. The first-order chi connectivity index (χ1) is 8.74. The van der Waals surface area contributed by atoms with Gasteiger partial charge >= 0.3 is 0 Å². The van der Waals surface area contributed by atoms with Crippen LogP contribution >= 0.6 is 24.0 Å². The number of carbonyl (C=O) groups excluding carboxylic acids is 1. The number of carbonyl (C=O) groups is 1. The Labute approximate surface area is 117 Å². The summed E-state index contributed by atoms with van der Waals surface area (Å²) in [5.74, 6) is 0.0673. The number of fused-ring (bicyclic) bond motifs is 1. The van der Waals surface area contributed by atoms with Crippen molar-refractivity contribution in [2.45, 2.75) is 42.7 Å². The number of rotatable bonds is 2. The van der Waals surface area contributed by atoms with Crippen LogP contribution in [0.1, 0.15) is 35.4 Å². The molecule has 98 valence electrons. The standard InChI is InChI=1S/C13H18N2OS2/c16-13(12-7-9(17)8-18-12)14-10-4-6-15-5-2-1-3-11(10)15/h7-8,10-11,17H,1-6H2,(H,14,16). The third-order valence-electron chi connectivity index (χ3n) is 3.98. The van der Waals surface area contributed by atoms with Crippen molar-refractivity contribution >= 4 is 29.9 Å². The van der Waals surface area contributed by atoms with Gasteiger partial charge in [-0.05, 0) is 31.9 Å². The van der Waals surface area contributed by atoms with E-state index in [0.717, 1.165) is 22.7 Å². The van der Waals surface area contributed by atoms with Gasteiger partial charge in [-0.1, -0.05) is 6.42 Å². The molecule has 2 aliphatic rings. The summed E-state index contributed by atoms with van der Waals surface area (Å²) in [7, 11) is 0. The quantitative estimate of drug-likeness (QED) is 0.816. The van der Waals surface area contributed by atoms with Gasteiger partial charge in [0.05, 0.1) is 4.88 Å². The molecule has 0 saturated carbocycles. The highest BCUT2D eigenvalue weighted by atomic mass is 32.1. The second-order valence-corrected chi connectivity index (χ2v) is 6.56. The molecule has 0 spiro atoms. The first-order valence-electron chi connectivity index (χ1n) is 6.56. The second-order valence-electron chi connectivity index (χ2n) is 5.14. The van der Waals surface area contributed by atoms with E-state index in [4.69, 9.17) is 0 Å². The third-order valence-corrected chi connectivity index (χ3v) is 5.34. The fraction of sp³-hybridized carbons (Fsp3) is 0.615. The van der Waals surface area contributed by atoms with Gasteiger partial charge in [-0.2, -0.15) is 0 Å². The van der Waals surface area contributed by atoms with Crippen molar-refractivity contribution in [1.82, 2.24) is 10.2 Å². The van der Waals surface area contributed by atoms with Crippen molar-refractivity contribution in [3.05, 3.63) is 16.3 Å². The first kappa shape index (κ1) is 12.5. The SMILES string of the molecule is O=C(NC1CCN2CCCCC12)c1cc(S)cs1. The van der Waals surface area contributed by atoms with E-state index in [2.05, 4.69) is 22.8 Å². The number of hydrogen-bond acceptors (Lipinski definition) is 4. The van der Waals surface area contributed by atoms with Crippen LogP contribution in [-0.2, 0) is 0 Å². The Morgan fingerprint density at radius 2 is 2.28 bits per heavy atom. The summed E-state index contributed by atoms with van der Waals surface area (Å²) >= 11 is 5.71. The maximum Gasteiger partial charge on any atom is 0.261 e. The summed E-state index contributed by atoms with van der Waals surface area (Å²) in [4.78, 5) is 16.3. The number of thiophene rings is 1. The Kier molecular flexibility index (Phi) is 3.63. The minimum Gasteiger partial charge on any atom is -0.347 e. The molecule has 1 aromatic heterocycles. The van der Waals surface area contributed by atoms with Gasteiger partial charge < -0.3 is 5.32 Å². The lowest BCUT2D eigenvalue weighted by atomic mass is 9.99. The molecule has 1 N–H and O–H groups in total. The van der Waals surface area contributed by atoms with Gasteiger partial charge in [0.1, 0.15) is 0 Å². The smallest absolute Gasteiger partial charge is 0.261 e. The fourth-order valence-corrected chi connectivity index (χ4v) is 4.15. The molecule has 5 heteroatoms. The highest BCUT2D eigenvalue weighted by molar-refractivity contribution is 7.80. The molecular weight excluding hydrogens is 264 g/mol. The molecule has 3 rings (SSSR count). The molecule has 2 atom stereocenters. The van der Waals surface area contributed by atoms with Gasteiger partial charge in [0.15, 0.2) is 0 Å². The number of nitrogens with zero attached hydrogens (tertiary/aromatic N) is 1. The number of hydrogen-bond donors (Lipinski definition) is 2. The average molecular weight is 282 g/mol. The molecule has 2 unspecified atom stereocenters. The monoisotopic (exact) mass is 282 g/mol. The Morgan fingerprint density at radius 3 is 3.06 bits per heavy atom. The number of amides is 1. The largest absolute Gasteiger partial charge is 0.347 e. The van der Waals surface area contributed by atoms with E-state index >= 15 is 0 Å². The van der Waals surface area contributed by atoms with Gasteiger partial charge in [-0.15, -0.1) is 24.0 Å². The van der Waals surface area contributed by atoms with Crippen LogP contribution in [0, 0.1) is 0 Å². The zero-order valence-corrected chi connectivity index (χ0v) is 12.0. The Bertz CT molecular complexity index is 446. The summed E-state index contributed by atoms with van der Waals surface area (Å²) in [6.07, 6.45) is 4.93. The Balaban J connectivity index is 1.64. The van der Waals surface area contributed by atoms with E-state index in [9.17, 15) is 4.79 Å². The average Bonchev–Trinajstić information content (AvgIpc) is 2.97. The van der Waals surface area contributed by atoms with Gasteiger partial charge in [-0.3, -0.25) is 9.69 Å². The summed E-state index contributed by atoms with van der Waals surface area (Å²) in [5.41, 5.74) is 0. The molecule has 3 heterocycles. The number of piperidine rings is 1. The molecule has 1 aromatic rings. The van der Waals surface area contributed by atoms with Crippen molar-refractivity contribution in [3.63, 3.8) is 0 Å². The van der Waals surface area contributed by atoms with Gasteiger partial charge in [0.2, 0.25) is 0 Å². The van der Waals surface area contributed by atoms with Crippen LogP contribution < -0.4 is 5.32 Å². The number of nitrogens with one attached hydrogen (secondary N) is 1. The van der Waals surface area contributed by atoms with Gasteiger partial charge in [0.25, 0.3) is 5.91 Å². The topological polar surface area (TPSA) is 32.3 Å². The van der Waals surface area contributed by atoms with E-state index in [1.165, 1.54) is 37.1 Å². The summed E-state index contributed by atoms with van der Waals surface area (Å²) in [6.45, 7) is 2.34. The lowest BCUT2D eigenvalue weighted by molar-refractivity contribution is 0.0919. The van der Waals surface area contributed by atoms with Gasteiger partial charge in [0, 0.05) is 28.9 Å². The summed E-state index contributed by atoms with van der Waals surface area (Å²) in [5, 5.41) is 5.11. The van der Waals surface area contributed by atoms with E-state index in [1.807, 2.05) is 11.4 Å². The van der Waals surface area contributed by atoms with Crippen LogP contribution in [0.5, 0.6) is 0 Å². The third kappa shape index (κ3) is 2.44. The normalized spacial score (nSPS) is 28.1. The van der Waals surface area contributed by atoms with Crippen molar-refractivity contribution in [2.75, 3.05) is 13.1 Å². The first-order valence-corrected chi connectivity index (χ1v) is 7.89. The van der Waals surface area contributed by atoms with Crippen LogP contribution in [0.25, 0.3) is 0 Å². The van der Waals surface area contributed by atoms with Crippen molar-refractivity contribution in [1.29, 1.82) is 0 Å². The van der Waals surface area contributed by atoms with Crippen LogP contribution in [0.2, 0.25) is 0 Å². The minimum atomic E-state index is 0.0673. The summed E-state index contributed by atoms with van der Waals surface area (Å²) < 4.78 is 0. The Hall–Kier alpha value is -0.520. The van der Waals surface area contributed by atoms with Crippen LogP contribution in [0.4, 0.5) is 0 Å². The second kappa shape index (κ2) is 5.23. The number of thiol groups is 1. The van der Waals surface area contributed by atoms with Crippen molar-refractivity contribution in [3.8, 4) is 0 Å². The van der Waals surface area contributed by atoms with Crippen LogP contribution in [-0.4, -0.2) is 36.0 Å². The molecule has 18 heavy (non-hydrogen) atoms. The van der Waals surface area contributed by atoms with E-state index in [1.54, 1.807) is 0 Å². The molecule has 3 nitrogen and oxygen atoms in total.